The average molecular weight is 282 g/mol. The van der Waals surface area contributed by atoms with Gasteiger partial charge in [-0.3, -0.25) is 9.59 Å². The van der Waals surface area contributed by atoms with Crippen molar-refractivity contribution in [3.8, 4) is 0 Å². The van der Waals surface area contributed by atoms with E-state index in [0.717, 1.165) is 4.09 Å². The number of aryl methyl sites for hydroxylation is 1. The highest BCUT2D eigenvalue weighted by atomic mass is 32.1. The van der Waals surface area contributed by atoms with Crippen LogP contribution in [0.25, 0.3) is 11.0 Å². The van der Waals surface area contributed by atoms with Crippen LogP contribution >= 0.6 is 12.8 Å². The van der Waals surface area contributed by atoms with Gasteiger partial charge in [-0.2, -0.15) is 9.19 Å². The van der Waals surface area contributed by atoms with E-state index in [1.54, 1.807) is 25.7 Å². The van der Waals surface area contributed by atoms with Gasteiger partial charge < -0.3 is 14.8 Å². The Bertz CT molecular complexity index is 689. The van der Waals surface area contributed by atoms with Gasteiger partial charge in [0.05, 0.1) is 12.7 Å². The first-order valence-electron chi connectivity index (χ1n) is 5.50. The van der Waals surface area contributed by atoms with Crippen LogP contribution in [0.1, 0.15) is 0 Å². The van der Waals surface area contributed by atoms with Crippen molar-refractivity contribution in [2.45, 2.75) is 0 Å². The first kappa shape index (κ1) is 13.4. The van der Waals surface area contributed by atoms with Crippen LogP contribution in [-0.4, -0.2) is 50.2 Å². The largest absolute Gasteiger partial charge is 0.347 e. The third kappa shape index (κ3) is 2.41. The molecule has 1 N–H and O–H groups in total. The van der Waals surface area contributed by atoms with Crippen LogP contribution in [0.15, 0.2) is 11.0 Å². The van der Waals surface area contributed by atoms with Gasteiger partial charge in [-0.05, 0) is 12.8 Å². The molecule has 0 unspecified atom stereocenters. The highest BCUT2D eigenvalue weighted by Gasteiger charge is 2.13. The second kappa shape index (κ2) is 4.92. The number of aromatic nitrogens is 4. The fourth-order valence-corrected chi connectivity index (χ4v) is 1.74. The second-order valence-corrected chi connectivity index (χ2v) is 4.59. The maximum Gasteiger partial charge on any atom is 0.303 e. The van der Waals surface area contributed by atoms with Gasteiger partial charge in [-0.1, -0.05) is 0 Å². The maximum atomic E-state index is 11.9. The van der Waals surface area contributed by atoms with E-state index in [1.165, 1.54) is 11.1 Å². The van der Waals surface area contributed by atoms with E-state index >= 15 is 0 Å². The van der Waals surface area contributed by atoms with Gasteiger partial charge in [0.15, 0.2) is 0 Å². The molecule has 2 heterocycles. The average Bonchev–Trinajstić information content (AvgIpc) is 2.68. The van der Waals surface area contributed by atoms with E-state index in [2.05, 4.69) is 28.2 Å². The molecule has 0 aliphatic carbocycles. The number of nitrogens with zero attached hydrogens (tertiary/aromatic N) is 5. The monoisotopic (exact) mass is 282 g/mol. The SMILES string of the molecule is CN(C)C(=O)CNc1nc2cnn(S)c(=O)c2n1C. The summed E-state index contributed by atoms with van der Waals surface area (Å²) in [6.07, 6.45) is 1.45. The van der Waals surface area contributed by atoms with Crippen molar-refractivity contribution in [1.82, 2.24) is 23.6 Å². The quantitative estimate of drug-likeness (QED) is 0.729. The maximum absolute atomic E-state index is 11.9. The topological polar surface area (TPSA) is 85.1 Å². The number of hydrogen-bond donors (Lipinski definition) is 2. The Hall–Kier alpha value is -2.03. The lowest BCUT2D eigenvalue weighted by Gasteiger charge is -2.11. The van der Waals surface area contributed by atoms with E-state index in [4.69, 9.17) is 0 Å². The Labute approximate surface area is 114 Å². The summed E-state index contributed by atoms with van der Waals surface area (Å²) in [5.74, 6) is 0.348. The van der Waals surface area contributed by atoms with Gasteiger partial charge in [0.25, 0.3) is 0 Å². The molecule has 0 atom stereocenters. The van der Waals surface area contributed by atoms with Gasteiger partial charge in [-0.15, -0.1) is 0 Å². The van der Waals surface area contributed by atoms with Crippen LogP contribution < -0.4 is 10.9 Å². The number of carbonyl (C=O) groups is 1. The summed E-state index contributed by atoms with van der Waals surface area (Å²) in [4.78, 5) is 29.1. The lowest BCUT2D eigenvalue weighted by atomic mass is 10.5. The van der Waals surface area contributed by atoms with Crippen LogP contribution in [0.5, 0.6) is 0 Å². The van der Waals surface area contributed by atoms with Crippen LogP contribution in [0.2, 0.25) is 0 Å². The number of carbonyl (C=O) groups excluding carboxylic acids is 1. The minimum absolute atomic E-state index is 0.0863. The molecular formula is C10H14N6O2S. The Morgan fingerprint density at radius 3 is 2.84 bits per heavy atom. The molecule has 2 rings (SSSR count). The molecule has 1 amide bonds. The van der Waals surface area contributed by atoms with Crippen molar-refractivity contribution in [1.29, 1.82) is 0 Å². The van der Waals surface area contributed by atoms with E-state index in [9.17, 15) is 9.59 Å². The molecule has 0 saturated carbocycles. The summed E-state index contributed by atoms with van der Waals surface area (Å²) in [6.45, 7) is 0.104. The summed E-state index contributed by atoms with van der Waals surface area (Å²) in [5.41, 5.74) is 0.477. The molecule has 8 nitrogen and oxygen atoms in total. The number of fused-ring (bicyclic) bond motifs is 1. The highest BCUT2D eigenvalue weighted by molar-refractivity contribution is 7.78. The van der Waals surface area contributed by atoms with Crippen molar-refractivity contribution in [2.24, 2.45) is 7.05 Å². The number of thiol groups is 1. The lowest BCUT2D eigenvalue weighted by molar-refractivity contribution is -0.126. The lowest BCUT2D eigenvalue weighted by Crippen LogP contribution is -2.29. The minimum Gasteiger partial charge on any atom is -0.347 e. The number of nitrogens with one attached hydrogen (secondary N) is 1. The molecule has 2 aromatic heterocycles. The highest BCUT2D eigenvalue weighted by Crippen LogP contribution is 2.13. The summed E-state index contributed by atoms with van der Waals surface area (Å²) < 4.78 is 2.52. The molecule has 0 radical (unpaired) electrons. The molecule has 0 fully saturated rings. The minimum atomic E-state index is -0.359. The fraction of sp³-hybridized carbons (Fsp3) is 0.400. The van der Waals surface area contributed by atoms with Crippen LogP contribution in [0.3, 0.4) is 0 Å². The molecule has 0 aromatic carbocycles. The van der Waals surface area contributed by atoms with Crippen molar-refractivity contribution in [3.05, 3.63) is 16.6 Å². The molecule has 19 heavy (non-hydrogen) atoms. The first-order chi connectivity index (χ1) is 8.91. The molecular weight excluding hydrogens is 268 g/mol. The normalized spacial score (nSPS) is 10.7. The number of imidazole rings is 1. The molecule has 2 aromatic rings. The Morgan fingerprint density at radius 2 is 2.21 bits per heavy atom. The number of amides is 1. The van der Waals surface area contributed by atoms with Crippen molar-refractivity contribution < 1.29 is 4.79 Å². The Morgan fingerprint density at radius 1 is 1.53 bits per heavy atom. The molecule has 0 spiro atoms. The number of hydrogen-bond acceptors (Lipinski definition) is 6. The first-order valence-corrected chi connectivity index (χ1v) is 5.90. The molecule has 0 saturated heterocycles. The third-order valence-corrected chi connectivity index (χ3v) is 2.98. The molecule has 102 valence electrons. The van der Waals surface area contributed by atoms with E-state index in [1.807, 2.05) is 0 Å². The van der Waals surface area contributed by atoms with Crippen LogP contribution in [-0.2, 0) is 11.8 Å². The van der Waals surface area contributed by atoms with E-state index in [-0.39, 0.29) is 18.0 Å². The predicted octanol–water partition coefficient (Wildman–Crippen LogP) is -0.677. The zero-order valence-corrected chi connectivity index (χ0v) is 11.7. The smallest absolute Gasteiger partial charge is 0.303 e. The molecule has 0 bridgehead atoms. The van der Waals surface area contributed by atoms with Gasteiger partial charge in [0, 0.05) is 21.1 Å². The van der Waals surface area contributed by atoms with Crippen molar-refractivity contribution in [2.75, 3.05) is 26.0 Å². The molecule has 9 heteroatoms. The van der Waals surface area contributed by atoms with Crippen molar-refractivity contribution in [3.63, 3.8) is 0 Å². The summed E-state index contributed by atoms with van der Waals surface area (Å²) >= 11 is 3.91. The Kier molecular flexibility index (Phi) is 3.47. The predicted molar refractivity (Wildman–Crippen MR) is 74.3 cm³/mol. The van der Waals surface area contributed by atoms with E-state index < -0.39 is 0 Å². The number of likely N-dealkylation sites (N-methyl/N-ethyl adjacent to an activating group) is 1. The second-order valence-electron chi connectivity index (χ2n) is 4.21. The van der Waals surface area contributed by atoms with Gasteiger partial charge in [-0.25, -0.2) is 4.98 Å². The summed E-state index contributed by atoms with van der Waals surface area (Å²) in [5, 5.41) is 6.66. The van der Waals surface area contributed by atoms with Gasteiger partial charge in [0.1, 0.15) is 11.0 Å². The Balaban J connectivity index is 2.36. The third-order valence-electron chi connectivity index (χ3n) is 2.69. The fourth-order valence-electron chi connectivity index (χ4n) is 1.59. The number of anilines is 1. The van der Waals surface area contributed by atoms with Crippen molar-refractivity contribution >= 4 is 35.7 Å². The standard InChI is InChI=1S/C10H14N6O2S/c1-14(2)7(17)5-11-10-13-6-4-12-16(19)9(18)8(6)15(10)3/h4,19H,5H2,1-3H3,(H,11,13). The summed E-state index contributed by atoms with van der Waals surface area (Å²) in [6, 6.07) is 0. The van der Waals surface area contributed by atoms with Crippen LogP contribution in [0, 0.1) is 0 Å². The van der Waals surface area contributed by atoms with Gasteiger partial charge in [0.2, 0.25) is 11.9 Å². The summed E-state index contributed by atoms with van der Waals surface area (Å²) in [7, 11) is 5.03. The molecule has 0 aliphatic heterocycles. The molecule has 0 aliphatic rings. The van der Waals surface area contributed by atoms with Crippen LogP contribution in [0.4, 0.5) is 5.95 Å². The number of rotatable bonds is 3. The zero-order valence-electron chi connectivity index (χ0n) is 10.8. The van der Waals surface area contributed by atoms with Gasteiger partial charge >= 0.3 is 5.56 Å². The zero-order chi connectivity index (χ0) is 14.2. The van der Waals surface area contributed by atoms with E-state index in [0.29, 0.717) is 17.0 Å².